The van der Waals surface area contributed by atoms with Gasteiger partial charge in [-0.1, -0.05) is 6.92 Å². The second kappa shape index (κ2) is 5.23. The van der Waals surface area contributed by atoms with Crippen LogP contribution >= 0.6 is 0 Å². The lowest BCUT2D eigenvalue weighted by molar-refractivity contribution is 0.236. The zero-order chi connectivity index (χ0) is 13.2. The molecule has 104 valence electrons. The van der Waals surface area contributed by atoms with E-state index < -0.39 is 0 Å². The van der Waals surface area contributed by atoms with Gasteiger partial charge in [0.15, 0.2) is 0 Å². The lowest BCUT2D eigenvalue weighted by atomic mass is 9.98. The molecule has 2 heterocycles. The summed E-state index contributed by atoms with van der Waals surface area (Å²) in [5.74, 6) is 3.15. The molecule has 2 amide bonds. The number of nitrogens with zero attached hydrogens (tertiary/aromatic N) is 2. The first-order valence-electron chi connectivity index (χ1n) is 7.24. The molecule has 0 unspecified atom stereocenters. The molecule has 1 aliphatic carbocycles. The quantitative estimate of drug-likeness (QED) is 0.861. The van der Waals surface area contributed by atoms with E-state index in [4.69, 9.17) is 0 Å². The molecule has 0 bridgehead atoms. The van der Waals surface area contributed by atoms with Gasteiger partial charge in [-0.3, -0.25) is 0 Å². The van der Waals surface area contributed by atoms with Gasteiger partial charge in [-0.2, -0.15) is 0 Å². The van der Waals surface area contributed by atoms with Crippen LogP contribution < -0.4 is 10.6 Å². The summed E-state index contributed by atoms with van der Waals surface area (Å²) < 4.78 is 2.20. The highest BCUT2D eigenvalue weighted by Crippen LogP contribution is 2.36. The van der Waals surface area contributed by atoms with Gasteiger partial charge in [-0.05, 0) is 30.6 Å². The molecule has 5 nitrogen and oxygen atoms in total. The largest absolute Gasteiger partial charge is 0.338 e. The monoisotopic (exact) mass is 262 g/mol. The van der Waals surface area contributed by atoms with E-state index in [0.29, 0.717) is 11.8 Å². The van der Waals surface area contributed by atoms with Gasteiger partial charge in [0.05, 0.1) is 0 Å². The Morgan fingerprint density at radius 2 is 2.26 bits per heavy atom. The number of imidazole rings is 1. The van der Waals surface area contributed by atoms with Gasteiger partial charge in [0.1, 0.15) is 5.82 Å². The zero-order valence-corrected chi connectivity index (χ0v) is 11.4. The topological polar surface area (TPSA) is 59.0 Å². The van der Waals surface area contributed by atoms with E-state index in [2.05, 4.69) is 27.1 Å². The summed E-state index contributed by atoms with van der Waals surface area (Å²) in [7, 11) is 0. The van der Waals surface area contributed by atoms with Crippen molar-refractivity contribution in [1.29, 1.82) is 0 Å². The van der Waals surface area contributed by atoms with Crippen LogP contribution in [0, 0.1) is 17.8 Å². The average molecular weight is 262 g/mol. The first kappa shape index (κ1) is 12.5. The Kier molecular flexibility index (Phi) is 3.44. The maximum atomic E-state index is 11.7. The lowest BCUT2D eigenvalue weighted by Crippen LogP contribution is -2.40. The highest BCUT2D eigenvalue weighted by molar-refractivity contribution is 5.73. The Morgan fingerprint density at radius 1 is 1.47 bits per heavy atom. The van der Waals surface area contributed by atoms with Crippen LogP contribution in [0.1, 0.15) is 25.6 Å². The third kappa shape index (κ3) is 3.08. The van der Waals surface area contributed by atoms with Crippen LogP contribution in [0.2, 0.25) is 0 Å². The normalized spacial score (nSPS) is 28.6. The summed E-state index contributed by atoms with van der Waals surface area (Å²) >= 11 is 0. The number of carbonyl (C=O) groups is 1. The van der Waals surface area contributed by atoms with Crippen LogP contribution in [0.4, 0.5) is 4.79 Å². The smallest absolute Gasteiger partial charge is 0.314 e. The van der Waals surface area contributed by atoms with Crippen LogP contribution in [0.3, 0.4) is 0 Å². The van der Waals surface area contributed by atoms with Gasteiger partial charge < -0.3 is 15.2 Å². The van der Waals surface area contributed by atoms with Crippen LogP contribution in [-0.4, -0.2) is 28.7 Å². The molecule has 5 heteroatoms. The van der Waals surface area contributed by atoms with Crippen molar-refractivity contribution in [3.05, 3.63) is 18.2 Å². The number of nitrogens with one attached hydrogen (secondary N) is 2. The highest BCUT2D eigenvalue weighted by atomic mass is 16.2. The maximum Gasteiger partial charge on any atom is 0.314 e. The van der Waals surface area contributed by atoms with Gasteiger partial charge >= 0.3 is 6.03 Å². The maximum absolute atomic E-state index is 11.7. The second-order valence-electron chi connectivity index (χ2n) is 5.96. The van der Waals surface area contributed by atoms with E-state index in [1.807, 2.05) is 12.4 Å². The summed E-state index contributed by atoms with van der Waals surface area (Å²) in [6.45, 7) is 4.82. The number of fused-ring (bicyclic) bond motifs is 1. The molecule has 3 rings (SSSR count). The predicted molar refractivity (Wildman–Crippen MR) is 72.7 cm³/mol. The van der Waals surface area contributed by atoms with Crippen molar-refractivity contribution in [3.63, 3.8) is 0 Å². The van der Waals surface area contributed by atoms with Gasteiger partial charge in [0.25, 0.3) is 0 Å². The fourth-order valence-corrected chi connectivity index (χ4v) is 2.80. The fourth-order valence-electron chi connectivity index (χ4n) is 2.80. The number of aryl methyl sites for hydroxylation is 1. The van der Waals surface area contributed by atoms with Gasteiger partial charge in [0, 0.05) is 38.4 Å². The van der Waals surface area contributed by atoms with E-state index in [9.17, 15) is 4.79 Å². The van der Waals surface area contributed by atoms with Gasteiger partial charge in [-0.25, -0.2) is 9.78 Å². The molecule has 19 heavy (non-hydrogen) atoms. The molecular formula is C14H22N4O. The molecule has 1 saturated carbocycles. The van der Waals surface area contributed by atoms with Crippen LogP contribution in [-0.2, 0) is 13.0 Å². The van der Waals surface area contributed by atoms with Gasteiger partial charge in [-0.15, -0.1) is 0 Å². The summed E-state index contributed by atoms with van der Waals surface area (Å²) in [5.41, 5.74) is 0. The minimum Gasteiger partial charge on any atom is -0.338 e. The third-order valence-corrected chi connectivity index (χ3v) is 4.40. The van der Waals surface area contributed by atoms with Crippen LogP contribution in [0.15, 0.2) is 12.4 Å². The number of hydrogen-bond acceptors (Lipinski definition) is 2. The Balaban J connectivity index is 1.37. The first-order chi connectivity index (χ1) is 9.22. The van der Waals surface area contributed by atoms with Crippen LogP contribution in [0.5, 0.6) is 0 Å². The van der Waals surface area contributed by atoms with Crippen LogP contribution in [0.25, 0.3) is 0 Å². The molecule has 0 aromatic carbocycles. The second-order valence-corrected chi connectivity index (χ2v) is 5.96. The number of hydrogen-bond donors (Lipinski definition) is 2. The molecule has 3 atom stereocenters. The summed E-state index contributed by atoms with van der Waals surface area (Å²) in [6, 6.07) is -0.0204. The number of amides is 2. The van der Waals surface area contributed by atoms with Crippen molar-refractivity contribution >= 4 is 6.03 Å². The van der Waals surface area contributed by atoms with Crippen molar-refractivity contribution in [2.45, 2.75) is 32.7 Å². The number of urea groups is 1. The molecule has 0 spiro atoms. The molecule has 2 aliphatic rings. The number of carbonyl (C=O) groups excluding carboxylic acids is 1. The molecule has 0 radical (unpaired) electrons. The minimum absolute atomic E-state index is 0.0204. The molecule has 1 aromatic heterocycles. The summed E-state index contributed by atoms with van der Waals surface area (Å²) in [6.07, 6.45) is 7.22. The summed E-state index contributed by atoms with van der Waals surface area (Å²) in [5, 5.41) is 5.94. The number of rotatable bonds is 4. The molecule has 0 saturated heterocycles. The molecule has 1 fully saturated rings. The zero-order valence-electron chi connectivity index (χ0n) is 11.4. The minimum atomic E-state index is -0.0204. The van der Waals surface area contributed by atoms with E-state index in [-0.39, 0.29) is 6.03 Å². The van der Waals surface area contributed by atoms with Gasteiger partial charge in [0.2, 0.25) is 0 Å². The van der Waals surface area contributed by atoms with E-state index in [0.717, 1.165) is 44.2 Å². The van der Waals surface area contributed by atoms with E-state index >= 15 is 0 Å². The van der Waals surface area contributed by atoms with Crippen molar-refractivity contribution in [1.82, 2.24) is 20.2 Å². The predicted octanol–water partition coefficient (Wildman–Crippen LogP) is 1.40. The molecule has 2 N–H and O–H groups in total. The Bertz CT molecular complexity index is 456. The van der Waals surface area contributed by atoms with Crippen molar-refractivity contribution < 1.29 is 4.79 Å². The van der Waals surface area contributed by atoms with Crippen molar-refractivity contribution in [2.24, 2.45) is 17.8 Å². The summed E-state index contributed by atoms with van der Waals surface area (Å²) in [4.78, 5) is 16.0. The first-order valence-corrected chi connectivity index (χ1v) is 7.24. The molecule has 1 aromatic rings. The standard InChI is InChI=1S/C14H22N4O/c1-10-6-12(10)9-17-14(19)16-8-11-2-4-18-5-3-15-13(18)7-11/h3,5,10-12H,2,4,6-9H2,1H3,(H2,16,17,19)/t10-,11+,12-/m1/s1. The molecular weight excluding hydrogens is 240 g/mol. The Labute approximate surface area is 113 Å². The SMILES string of the molecule is C[C@@H]1C[C@@H]1CNC(=O)NC[C@H]1CCn2ccnc2C1. The fraction of sp³-hybridized carbons (Fsp3) is 0.714. The average Bonchev–Trinajstić information content (AvgIpc) is 2.92. The highest BCUT2D eigenvalue weighted by Gasteiger charge is 2.32. The number of aromatic nitrogens is 2. The third-order valence-electron chi connectivity index (χ3n) is 4.40. The van der Waals surface area contributed by atoms with E-state index in [1.54, 1.807) is 0 Å². The van der Waals surface area contributed by atoms with Crippen molar-refractivity contribution in [2.75, 3.05) is 13.1 Å². The Morgan fingerprint density at radius 3 is 3.05 bits per heavy atom. The Hall–Kier alpha value is -1.52. The van der Waals surface area contributed by atoms with E-state index in [1.165, 1.54) is 6.42 Å². The lowest BCUT2D eigenvalue weighted by Gasteiger charge is -2.23. The molecule has 1 aliphatic heterocycles. The van der Waals surface area contributed by atoms with Crippen molar-refractivity contribution in [3.8, 4) is 0 Å².